The standard InChI is InChI=1S/C23H26N4O/c1-3-19-13-7-9-17(2)21(19)27-23-25-16-14-20(26-23)22(28)24-15-8-12-18-10-5-4-6-11-18/h4-7,9-11,13-14,16H,3,8,12,15H2,1-2H3,(H,24,28)(H,25,26,27). The van der Waals surface area contributed by atoms with Crippen LogP contribution in [0.2, 0.25) is 0 Å². The molecule has 0 spiro atoms. The van der Waals surface area contributed by atoms with E-state index in [2.05, 4.69) is 45.7 Å². The quantitative estimate of drug-likeness (QED) is 0.572. The molecular weight excluding hydrogens is 348 g/mol. The zero-order chi connectivity index (χ0) is 19.8. The Bertz CT molecular complexity index is 925. The SMILES string of the molecule is CCc1cccc(C)c1Nc1nccc(C(=O)NCCCc2ccccc2)n1. The van der Waals surface area contributed by atoms with Crippen molar-refractivity contribution in [3.05, 3.63) is 83.2 Å². The van der Waals surface area contributed by atoms with Crippen LogP contribution in [0.1, 0.15) is 40.5 Å². The summed E-state index contributed by atoms with van der Waals surface area (Å²) in [6.45, 7) is 4.77. The second-order valence-corrected chi connectivity index (χ2v) is 6.70. The summed E-state index contributed by atoms with van der Waals surface area (Å²) in [7, 11) is 0. The number of rotatable bonds is 8. The van der Waals surface area contributed by atoms with Crippen molar-refractivity contribution in [2.45, 2.75) is 33.1 Å². The van der Waals surface area contributed by atoms with Crippen LogP contribution in [-0.2, 0) is 12.8 Å². The van der Waals surface area contributed by atoms with Crippen molar-refractivity contribution in [2.75, 3.05) is 11.9 Å². The average molecular weight is 374 g/mol. The van der Waals surface area contributed by atoms with Gasteiger partial charge in [0.1, 0.15) is 5.69 Å². The van der Waals surface area contributed by atoms with Gasteiger partial charge in [-0.15, -0.1) is 0 Å². The van der Waals surface area contributed by atoms with Crippen molar-refractivity contribution < 1.29 is 4.79 Å². The van der Waals surface area contributed by atoms with Gasteiger partial charge < -0.3 is 10.6 Å². The molecule has 144 valence electrons. The number of amides is 1. The number of nitrogens with zero attached hydrogens (tertiary/aromatic N) is 2. The Morgan fingerprint density at radius 2 is 1.86 bits per heavy atom. The first-order valence-electron chi connectivity index (χ1n) is 9.68. The van der Waals surface area contributed by atoms with Gasteiger partial charge in [-0.2, -0.15) is 0 Å². The van der Waals surface area contributed by atoms with Gasteiger partial charge in [-0.3, -0.25) is 4.79 Å². The van der Waals surface area contributed by atoms with Crippen LogP contribution in [-0.4, -0.2) is 22.4 Å². The molecule has 3 rings (SSSR count). The first kappa shape index (κ1) is 19.5. The fourth-order valence-corrected chi connectivity index (χ4v) is 3.09. The van der Waals surface area contributed by atoms with Crippen molar-refractivity contribution in [1.29, 1.82) is 0 Å². The number of aromatic nitrogens is 2. The maximum absolute atomic E-state index is 12.4. The van der Waals surface area contributed by atoms with Crippen molar-refractivity contribution in [3.8, 4) is 0 Å². The molecular formula is C23H26N4O. The van der Waals surface area contributed by atoms with Gasteiger partial charge in [-0.1, -0.05) is 55.5 Å². The molecule has 0 aliphatic rings. The van der Waals surface area contributed by atoms with Crippen LogP contribution in [0, 0.1) is 6.92 Å². The lowest BCUT2D eigenvalue weighted by Gasteiger charge is -2.13. The molecule has 5 nitrogen and oxygen atoms in total. The molecule has 0 aliphatic heterocycles. The smallest absolute Gasteiger partial charge is 0.270 e. The number of hydrogen-bond acceptors (Lipinski definition) is 4. The molecule has 0 saturated heterocycles. The molecule has 1 heterocycles. The summed E-state index contributed by atoms with van der Waals surface area (Å²) in [5.41, 5.74) is 4.96. The number of anilines is 2. The maximum atomic E-state index is 12.4. The van der Waals surface area contributed by atoms with E-state index in [-0.39, 0.29) is 5.91 Å². The van der Waals surface area contributed by atoms with Crippen molar-refractivity contribution >= 4 is 17.5 Å². The largest absolute Gasteiger partial charge is 0.351 e. The lowest BCUT2D eigenvalue weighted by Crippen LogP contribution is -2.26. The van der Waals surface area contributed by atoms with Crippen LogP contribution < -0.4 is 10.6 Å². The summed E-state index contributed by atoms with van der Waals surface area (Å²) in [5, 5.41) is 6.21. The molecule has 0 saturated carbocycles. The van der Waals surface area contributed by atoms with Gasteiger partial charge in [0.25, 0.3) is 5.91 Å². The lowest BCUT2D eigenvalue weighted by molar-refractivity contribution is 0.0948. The molecule has 2 N–H and O–H groups in total. The molecule has 3 aromatic rings. The van der Waals surface area contributed by atoms with Crippen LogP contribution in [0.4, 0.5) is 11.6 Å². The summed E-state index contributed by atoms with van der Waals surface area (Å²) in [5.74, 6) is 0.250. The van der Waals surface area contributed by atoms with E-state index in [0.29, 0.717) is 18.2 Å². The highest BCUT2D eigenvalue weighted by atomic mass is 16.1. The average Bonchev–Trinajstić information content (AvgIpc) is 2.73. The van der Waals surface area contributed by atoms with Crippen LogP contribution in [0.3, 0.4) is 0 Å². The Morgan fingerprint density at radius 1 is 1.04 bits per heavy atom. The molecule has 5 heteroatoms. The third-order valence-corrected chi connectivity index (χ3v) is 4.64. The van der Waals surface area contributed by atoms with E-state index in [9.17, 15) is 4.79 Å². The van der Waals surface area contributed by atoms with E-state index < -0.39 is 0 Å². The second-order valence-electron chi connectivity index (χ2n) is 6.70. The van der Waals surface area contributed by atoms with Crippen molar-refractivity contribution in [3.63, 3.8) is 0 Å². The molecule has 28 heavy (non-hydrogen) atoms. The topological polar surface area (TPSA) is 66.9 Å². The third-order valence-electron chi connectivity index (χ3n) is 4.64. The highest BCUT2D eigenvalue weighted by Crippen LogP contribution is 2.23. The minimum atomic E-state index is -0.181. The number of para-hydroxylation sites is 1. The fourth-order valence-electron chi connectivity index (χ4n) is 3.09. The van der Waals surface area contributed by atoms with E-state index in [4.69, 9.17) is 0 Å². The lowest BCUT2D eigenvalue weighted by atomic mass is 10.1. The molecule has 0 aliphatic carbocycles. The van der Waals surface area contributed by atoms with Gasteiger partial charge in [0.15, 0.2) is 0 Å². The number of aryl methyl sites for hydroxylation is 3. The van der Waals surface area contributed by atoms with E-state index in [1.165, 1.54) is 11.1 Å². The molecule has 0 bridgehead atoms. The van der Waals surface area contributed by atoms with Crippen molar-refractivity contribution in [2.24, 2.45) is 0 Å². The van der Waals surface area contributed by atoms with Gasteiger partial charge in [-0.25, -0.2) is 9.97 Å². The predicted octanol–water partition coefficient (Wildman–Crippen LogP) is 4.45. The van der Waals surface area contributed by atoms with E-state index in [1.807, 2.05) is 37.3 Å². The van der Waals surface area contributed by atoms with Crippen LogP contribution >= 0.6 is 0 Å². The molecule has 1 aromatic heterocycles. The molecule has 1 amide bonds. The van der Waals surface area contributed by atoms with Crippen molar-refractivity contribution in [1.82, 2.24) is 15.3 Å². The molecule has 0 fully saturated rings. The van der Waals surface area contributed by atoms with Crippen LogP contribution in [0.15, 0.2) is 60.8 Å². The summed E-state index contributed by atoms with van der Waals surface area (Å²) < 4.78 is 0. The zero-order valence-electron chi connectivity index (χ0n) is 16.4. The van der Waals surface area contributed by atoms with E-state index in [1.54, 1.807) is 12.3 Å². The second kappa shape index (κ2) is 9.65. The Morgan fingerprint density at radius 3 is 2.64 bits per heavy atom. The van der Waals surface area contributed by atoms with Gasteiger partial charge in [0.2, 0.25) is 5.95 Å². The third kappa shape index (κ3) is 5.16. The summed E-state index contributed by atoms with van der Waals surface area (Å²) in [6.07, 6.45) is 4.34. The van der Waals surface area contributed by atoms with E-state index in [0.717, 1.165) is 30.5 Å². The Hall–Kier alpha value is -3.21. The van der Waals surface area contributed by atoms with Crippen LogP contribution in [0.25, 0.3) is 0 Å². The first-order chi connectivity index (χ1) is 13.7. The monoisotopic (exact) mass is 374 g/mol. The Balaban J connectivity index is 1.59. The maximum Gasteiger partial charge on any atom is 0.270 e. The van der Waals surface area contributed by atoms with E-state index >= 15 is 0 Å². The Kier molecular flexibility index (Phi) is 6.73. The van der Waals surface area contributed by atoms with Gasteiger partial charge in [0, 0.05) is 18.4 Å². The highest BCUT2D eigenvalue weighted by molar-refractivity contribution is 5.92. The summed E-state index contributed by atoms with van der Waals surface area (Å²) in [4.78, 5) is 21.1. The molecule has 0 radical (unpaired) electrons. The summed E-state index contributed by atoms with van der Waals surface area (Å²) in [6, 6.07) is 18.1. The Labute approximate surface area is 166 Å². The molecule has 2 aromatic carbocycles. The normalized spacial score (nSPS) is 10.5. The predicted molar refractivity (Wildman–Crippen MR) is 113 cm³/mol. The van der Waals surface area contributed by atoms with Gasteiger partial charge in [-0.05, 0) is 48.9 Å². The minimum absolute atomic E-state index is 0.181. The number of carbonyl (C=O) groups excluding carboxylic acids is 1. The number of carbonyl (C=O) groups is 1. The molecule has 0 unspecified atom stereocenters. The summed E-state index contributed by atoms with van der Waals surface area (Å²) >= 11 is 0. The first-order valence-corrected chi connectivity index (χ1v) is 9.68. The van der Waals surface area contributed by atoms with Gasteiger partial charge >= 0.3 is 0 Å². The van der Waals surface area contributed by atoms with Gasteiger partial charge in [0.05, 0.1) is 0 Å². The minimum Gasteiger partial charge on any atom is -0.351 e. The molecule has 0 atom stereocenters. The van der Waals surface area contributed by atoms with Crippen LogP contribution in [0.5, 0.6) is 0 Å². The fraction of sp³-hybridized carbons (Fsp3) is 0.261. The number of benzene rings is 2. The highest BCUT2D eigenvalue weighted by Gasteiger charge is 2.10. The number of nitrogens with one attached hydrogen (secondary N) is 2. The zero-order valence-corrected chi connectivity index (χ0v) is 16.4. The number of hydrogen-bond donors (Lipinski definition) is 2.